The second kappa shape index (κ2) is 12.0. The Labute approximate surface area is 198 Å². The van der Waals surface area contributed by atoms with E-state index in [0.29, 0.717) is 23.5 Å². The van der Waals surface area contributed by atoms with E-state index >= 15 is 0 Å². The van der Waals surface area contributed by atoms with Crippen molar-refractivity contribution in [3.8, 4) is 5.75 Å². The van der Waals surface area contributed by atoms with Crippen molar-refractivity contribution in [3.63, 3.8) is 0 Å². The summed E-state index contributed by atoms with van der Waals surface area (Å²) in [6.07, 6.45) is 1.35. The van der Waals surface area contributed by atoms with Gasteiger partial charge in [-0.3, -0.25) is 14.4 Å². The van der Waals surface area contributed by atoms with Crippen LogP contribution >= 0.6 is 0 Å². The van der Waals surface area contributed by atoms with Crippen molar-refractivity contribution < 1.29 is 19.1 Å². The fourth-order valence-electron chi connectivity index (χ4n) is 2.93. The fourth-order valence-corrected chi connectivity index (χ4v) is 2.93. The van der Waals surface area contributed by atoms with Gasteiger partial charge in [-0.15, -0.1) is 0 Å². The largest absolute Gasteiger partial charge is 0.483 e. The van der Waals surface area contributed by atoms with Gasteiger partial charge in [-0.25, -0.2) is 5.43 Å². The van der Waals surface area contributed by atoms with E-state index in [0.717, 1.165) is 16.7 Å². The molecule has 0 aliphatic carbocycles. The van der Waals surface area contributed by atoms with Crippen molar-refractivity contribution in [2.45, 2.75) is 20.4 Å². The number of hydrogen-bond donors (Lipinski definition) is 3. The Kier molecular flexibility index (Phi) is 8.51. The average Bonchev–Trinajstić information content (AvgIpc) is 2.85. The number of nitrogens with zero attached hydrogens (tertiary/aromatic N) is 1. The molecule has 0 aliphatic heterocycles. The molecule has 8 heteroatoms. The van der Waals surface area contributed by atoms with E-state index in [-0.39, 0.29) is 12.5 Å². The summed E-state index contributed by atoms with van der Waals surface area (Å²) in [5, 5.41) is 9.15. The molecule has 0 atom stereocenters. The Morgan fingerprint density at radius 1 is 0.882 bits per heavy atom. The Balaban J connectivity index is 1.50. The summed E-state index contributed by atoms with van der Waals surface area (Å²) < 4.78 is 5.60. The highest BCUT2D eigenvalue weighted by Crippen LogP contribution is 2.16. The number of nitrogens with one attached hydrogen (secondary N) is 3. The van der Waals surface area contributed by atoms with Crippen molar-refractivity contribution in [3.05, 3.63) is 95.1 Å². The SMILES string of the molecule is Cc1ccc(NC(=O)C(=O)N/N=C\c2ccccc2OCC(=O)NCc2ccccc2)cc1C. The van der Waals surface area contributed by atoms with Gasteiger partial charge in [0.25, 0.3) is 5.91 Å². The first kappa shape index (κ1) is 24.2. The first-order chi connectivity index (χ1) is 16.4. The predicted molar refractivity (Wildman–Crippen MR) is 131 cm³/mol. The number of hydrazone groups is 1. The Morgan fingerprint density at radius 3 is 2.38 bits per heavy atom. The highest BCUT2D eigenvalue weighted by molar-refractivity contribution is 6.39. The number of ether oxygens (including phenoxy) is 1. The molecule has 0 unspecified atom stereocenters. The standard InChI is InChI=1S/C26H26N4O4/c1-18-12-13-22(14-19(18)2)29-25(32)26(33)30-28-16-21-10-6-7-11-23(21)34-17-24(31)27-15-20-8-4-3-5-9-20/h3-14,16H,15,17H2,1-2H3,(H,27,31)(H,29,32)(H,30,33)/b28-16-. The molecular weight excluding hydrogens is 432 g/mol. The molecule has 0 saturated heterocycles. The van der Waals surface area contributed by atoms with Crippen LogP contribution in [0.3, 0.4) is 0 Å². The second-order valence-corrected chi connectivity index (χ2v) is 7.54. The summed E-state index contributed by atoms with van der Waals surface area (Å²) >= 11 is 0. The summed E-state index contributed by atoms with van der Waals surface area (Å²) in [7, 11) is 0. The van der Waals surface area contributed by atoms with E-state index in [1.807, 2.05) is 50.2 Å². The highest BCUT2D eigenvalue weighted by atomic mass is 16.5. The molecule has 0 saturated carbocycles. The van der Waals surface area contributed by atoms with E-state index in [1.165, 1.54) is 6.21 Å². The Morgan fingerprint density at radius 2 is 1.62 bits per heavy atom. The zero-order valence-corrected chi connectivity index (χ0v) is 19.0. The van der Waals surface area contributed by atoms with Crippen LogP contribution in [0.2, 0.25) is 0 Å². The van der Waals surface area contributed by atoms with Crippen molar-refractivity contribution in [2.75, 3.05) is 11.9 Å². The molecule has 0 aliphatic rings. The molecule has 3 aromatic rings. The van der Waals surface area contributed by atoms with Gasteiger partial charge in [-0.05, 0) is 54.8 Å². The van der Waals surface area contributed by atoms with E-state index in [9.17, 15) is 14.4 Å². The van der Waals surface area contributed by atoms with Gasteiger partial charge in [0.15, 0.2) is 6.61 Å². The van der Waals surface area contributed by atoms with E-state index in [4.69, 9.17) is 4.74 Å². The number of aryl methyl sites for hydroxylation is 2. The summed E-state index contributed by atoms with van der Waals surface area (Å²) in [6, 6.07) is 21.8. The molecule has 0 aromatic heterocycles. The molecular formula is C26H26N4O4. The van der Waals surface area contributed by atoms with Crippen molar-refractivity contribution in [1.82, 2.24) is 10.7 Å². The highest BCUT2D eigenvalue weighted by Gasteiger charge is 2.13. The minimum absolute atomic E-state index is 0.178. The van der Waals surface area contributed by atoms with Crippen LogP contribution in [-0.2, 0) is 20.9 Å². The van der Waals surface area contributed by atoms with Gasteiger partial charge in [0.05, 0.1) is 6.21 Å². The van der Waals surface area contributed by atoms with Gasteiger partial charge in [0.2, 0.25) is 0 Å². The summed E-state index contributed by atoms with van der Waals surface area (Å²) in [6.45, 7) is 4.10. The van der Waals surface area contributed by atoms with Gasteiger partial charge in [0, 0.05) is 17.8 Å². The van der Waals surface area contributed by atoms with Crippen LogP contribution in [-0.4, -0.2) is 30.5 Å². The Bertz CT molecular complexity index is 1190. The summed E-state index contributed by atoms with van der Waals surface area (Å²) in [5.74, 6) is -1.60. The molecule has 0 radical (unpaired) electrons. The third-order valence-corrected chi connectivity index (χ3v) is 4.95. The van der Waals surface area contributed by atoms with Crippen molar-refractivity contribution in [1.29, 1.82) is 0 Å². The first-order valence-corrected chi connectivity index (χ1v) is 10.7. The number of anilines is 1. The first-order valence-electron chi connectivity index (χ1n) is 10.7. The minimum Gasteiger partial charge on any atom is -0.483 e. The molecule has 34 heavy (non-hydrogen) atoms. The number of carbonyl (C=O) groups excluding carboxylic acids is 3. The molecule has 3 rings (SSSR count). The molecule has 3 amide bonds. The topological polar surface area (TPSA) is 109 Å². The van der Waals surface area contributed by atoms with E-state index < -0.39 is 11.8 Å². The van der Waals surface area contributed by atoms with Crippen molar-refractivity contribution >= 4 is 29.6 Å². The van der Waals surface area contributed by atoms with Crippen LogP contribution in [0.15, 0.2) is 77.9 Å². The Hall–Kier alpha value is -4.46. The van der Waals surface area contributed by atoms with Gasteiger partial charge in [0.1, 0.15) is 5.75 Å². The number of hydrogen-bond acceptors (Lipinski definition) is 5. The third-order valence-electron chi connectivity index (χ3n) is 4.95. The summed E-state index contributed by atoms with van der Waals surface area (Å²) in [4.78, 5) is 36.2. The maximum absolute atomic E-state index is 12.1. The van der Waals surface area contributed by atoms with Crippen LogP contribution in [0, 0.1) is 13.8 Å². The lowest BCUT2D eigenvalue weighted by atomic mass is 10.1. The molecule has 3 N–H and O–H groups in total. The van der Waals surface area contributed by atoms with Crippen LogP contribution in [0.4, 0.5) is 5.69 Å². The van der Waals surface area contributed by atoms with Crippen LogP contribution in [0.25, 0.3) is 0 Å². The smallest absolute Gasteiger partial charge is 0.329 e. The lowest BCUT2D eigenvalue weighted by molar-refractivity contribution is -0.136. The molecule has 174 valence electrons. The van der Waals surface area contributed by atoms with Crippen molar-refractivity contribution in [2.24, 2.45) is 5.10 Å². The van der Waals surface area contributed by atoms with Gasteiger partial charge in [-0.1, -0.05) is 48.5 Å². The third kappa shape index (κ3) is 7.30. The second-order valence-electron chi connectivity index (χ2n) is 7.54. The zero-order valence-electron chi connectivity index (χ0n) is 19.0. The average molecular weight is 459 g/mol. The predicted octanol–water partition coefficient (Wildman–Crippen LogP) is 3.09. The maximum Gasteiger partial charge on any atom is 0.329 e. The molecule has 0 fully saturated rings. The molecule has 0 spiro atoms. The number of carbonyl (C=O) groups is 3. The van der Waals surface area contributed by atoms with Crippen LogP contribution < -0.4 is 20.8 Å². The monoisotopic (exact) mass is 458 g/mol. The number of amides is 3. The van der Waals surface area contributed by atoms with E-state index in [2.05, 4.69) is 21.2 Å². The van der Waals surface area contributed by atoms with E-state index in [1.54, 1.807) is 36.4 Å². The maximum atomic E-state index is 12.1. The summed E-state index contributed by atoms with van der Waals surface area (Å²) in [5.41, 5.74) is 6.32. The molecule has 8 nitrogen and oxygen atoms in total. The number of rotatable bonds is 8. The molecule has 3 aromatic carbocycles. The molecule has 0 bridgehead atoms. The lowest BCUT2D eigenvalue weighted by Crippen LogP contribution is -2.32. The van der Waals surface area contributed by atoms with Crippen LogP contribution in [0.5, 0.6) is 5.75 Å². The minimum atomic E-state index is -0.909. The zero-order chi connectivity index (χ0) is 24.3. The lowest BCUT2D eigenvalue weighted by Gasteiger charge is -2.09. The normalized spacial score (nSPS) is 10.5. The number of para-hydroxylation sites is 1. The quantitative estimate of drug-likeness (QED) is 0.274. The van der Waals surface area contributed by atoms with Gasteiger partial charge < -0.3 is 15.4 Å². The van der Waals surface area contributed by atoms with Gasteiger partial charge in [-0.2, -0.15) is 5.10 Å². The number of benzene rings is 3. The molecule has 0 heterocycles. The fraction of sp³-hybridized carbons (Fsp3) is 0.154. The van der Waals surface area contributed by atoms with Gasteiger partial charge >= 0.3 is 11.8 Å². The van der Waals surface area contributed by atoms with Crippen LogP contribution in [0.1, 0.15) is 22.3 Å².